The molecule has 0 aliphatic heterocycles. The van der Waals surface area contributed by atoms with Crippen LogP contribution in [0.2, 0.25) is 0 Å². The fourth-order valence-corrected chi connectivity index (χ4v) is 0.941. The standard InChI is InChI=1S/C10H18O2/c1-4-5-6-9(12)7-10(2,3)8-11/h4,11H,1,5-8H2,2-3H3. The van der Waals surface area contributed by atoms with Crippen molar-refractivity contribution in [3.05, 3.63) is 12.7 Å². The van der Waals surface area contributed by atoms with Gasteiger partial charge in [0, 0.05) is 19.4 Å². The molecule has 0 unspecified atom stereocenters. The van der Waals surface area contributed by atoms with Crippen molar-refractivity contribution in [3.63, 3.8) is 0 Å². The molecule has 0 saturated heterocycles. The van der Waals surface area contributed by atoms with Crippen molar-refractivity contribution < 1.29 is 9.90 Å². The third-order valence-corrected chi connectivity index (χ3v) is 1.73. The van der Waals surface area contributed by atoms with E-state index in [2.05, 4.69) is 6.58 Å². The summed E-state index contributed by atoms with van der Waals surface area (Å²) in [5, 5.41) is 8.90. The van der Waals surface area contributed by atoms with Crippen LogP contribution in [0.1, 0.15) is 33.1 Å². The Labute approximate surface area is 74.3 Å². The molecule has 0 heterocycles. The monoisotopic (exact) mass is 170 g/mol. The van der Waals surface area contributed by atoms with Crippen molar-refractivity contribution in [2.24, 2.45) is 5.41 Å². The number of aliphatic hydroxyl groups is 1. The Morgan fingerprint density at radius 2 is 2.17 bits per heavy atom. The molecule has 0 radical (unpaired) electrons. The lowest BCUT2D eigenvalue weighted by Gasteiger charge is -2.19. The maximum absolute atomic E-state index is 11.2. The number of Topliss-reactive ketones (excluding diaryl/α,β-unsaturated/α-hetero) is 1. The molecule has 0 spiro atoms. The molecule has 0 bridgehead atoms. The van der Waals surface area contributed by atoms with Gasteiger partial charge in [0.2, 0.25) is 0 Å². The molecule has 0 saturated carbocycles. The van der Waals surface area contributed by atoms with Crippen LogP contribution in [0.15, 0.2) is 12.7 Å². The van der Waals surface area contributed by atoms with E-state index in [-0.39, 0.29) is 17.8 Å². The summed E-state index contributed by atoms with van der Waals surface area (Å²) >= 11 is 0. The summed E-state index contributed by atoms with van der Waals surface area (Å²) in [6.45, 7) is 7.39. The van der Waals surface area contributed by atoms with Crippen LogP contribution in [0.5, 0.6) is 0 Å². The van der Waals surface area contributed by atoms with Crippen molar-refractivity contribution in [1.82, 2.24) is 0 Å². The smallest absolute Gasteiger partial charge is 0.133 e. The average Bonchev–Trinajstić information content (AvgIpc) is 2.00. The molecule has 12 heavy (non-hydrogen) atoms. The molecule has 2 nitrogen and oxygen atoms in total. The third kappa shape index (κ3) is 5.08. The van der Waals surface area contributed by atoms with Gasteiger partial charge in [0.15, 0.2) is 0 Å². The van der Waals surface area contributed by atoms with Gasteiger partial charge in [-0.2, -0.15) is 0 Å². The number of hydrogen-bond donors (Lipinski definition) is 1. The van der Waals surface area contributed by atoms with Gasteiger partial charge in [0.25, 0.3) is 0 Å². The predicted octanol–water partition coefficient (Wildman–Crippen LogP) is 1.93. The summed E-state index contributed by atoms with van der Waals surface area (Å²) in [5.41, 5.74) is -0.266. The van der Waals surface area contributed by atoms with Gasteiger partial charge in [-0.25, -0.2) is 0 Å². The first-order chi connectivity index (χ1) is 5.52. The first kappa shape index (κ1) is 11.4. The molecule has 0 aromatic carbocycles. The molecular formula is C10H18O2. The lowest BCUT2D eigenvalue weighted by atomic mass is 9.87. The van der Waals surface area contributed by atoms with Crippen LogP contribution >= 0.6 is 0 Å². The largest absolute Gasteiger partial charge is 0.396 e. The van der Waals surface area contributed by atoms with E-state index in [0.29, 0.717) is 12.8 Å². The zero-order chi connectivity index (χ0) is 9.61. The molecule has 0 fully saturated rings. The Morgan fingerprint density at radius 1 is 1.58 bits per heavy atom. The van der Waals surface area contributed by atoms with Crippen LogP contribution in [-0.2, 0) is 4.79 Å². The number of carbonyl (C=O) groups is 1. The zero-order valence-electron chi connectivity index (χ0n) is 7.97. The summed E-state index contributed by atoms with van der Waals surface area (Å²) in [4.78, 5) is 11.2. The van der Waals surface area contributed by atoms with Crippen molar-refractivity contribution in [2.45, 2.75) is 33.1 Å². The quantitative estimate of drug-likeness (QED) is 0.618. The van der Waals surface area contributed by atoms with Crippen molar-refractivity contribution in [2.75, 3.05) is 6.61 Å². The van der Waals surface area contributed by atoms with Gasteiger partial charge in [-0.15, -0.1) is 6.58 Å². The first-order valence-electron chi connectivity index (χ1n) is 4.25. The second kappa shape index (κ2) is 5.09. The highest BCUT2D eigenvalue weighted by Crippen LogP contribution is 2.20. The van der Waals surface area contributed by atoms with Crippen LogP contribution in [0.3, 0.4) is 0 Å². The van der Waals surface area contributed by atoms with Gasteiger partial charge in [-0.3, -0.25) is 4.79 Å². The molecule has 0 aliphatic rings. The zero-order valence-corrected chi connectivity index (χ0v) is 7.97. The number of aliphatic hydroxyl groups excluding tert-OH is 1. The van der Waals surface area contributed by atoms with E-state index in [1.54, 1.807) is 6.08 Å². The van der Waals surface area contributed by atoms with E-state index in [4.69, 9.17) is 5.11 Å². The Hall–Kier alpha value is -0.630. The maximum Gasteiger partial charge on any atom is 0.133 e. The lowest BCUT2D eigenvalue weighted by molar-refractivity contribution is -0.121. The highest BCUT2D eigenvalue weighted by atomic mass is 16.3. The Kier molecular flexibility index (Phi) is 4.83. The molecule has 0 rings (SSSR count). The van der Waals surface area contributed by atoms with Gasteiger partial charge in [-0.05, 0) is 11.8 Å². The normalized spacial score (nSPS) is 11.2. The Balaban J connectivity index is 3.75. The second-order valence-electron chi connectivity index (χ2n) is 3.87. The van der Waals surface area contributed by atoms with Crippen LogP contribution in [0.4, 0.5) is 0 Å². The topological polar surface area (TPSA) is 37.3 Å². The van der Waals surface area contributed by atoms with Crippen molar-refractivity contribution >= 4 is 5.78 Å². The maximum atomic E-state index is 11.2. The molecule has 2 heteroatoms. The molecule has 1 N–H and O–H groups in total. The summed E-state index contributed by atoms with van der Waals surface area (Å²) in [6, 6.07) is 0. The summed E-state index contributed by atoms with van der Waals surface area (Å²) in [6.07, 6.45) is 3.48. The molecule has 0 aromatic rings. The van der Waals surface area contributed by atoms with Crippen LogP contribution in [0, 0.1) is 5.41 Å². The summed E-state index contributed by atoms with van der Waals surface area (Å²) in [7, 11) is 0. The van der Waals surface area contributed by atoms with Crippen LogP contribution < -0.4 is 0 Å². The highest BCUT2D eigenvalue weighted by molar-refractivity contribution is 5.79. The molecule has 0 amide bonds. The lowest BCUT2D eigenvalue weighted by Crippen LogP contribution is -2.21. The van der Waals surface area contributed by atoms with Gasteiger partial charge in [0.1, 0.15) is 5.78 Å². The minimum Gasteiger partial charge on any atom is -0.396 e. The Morgan fingerprint density at radius 3 is 2.58 bits per heavy atom. The molecule has 70 valence electrons. The molecule has 0 aliphatic carbocycles. The highest BCUT2D eigenvalue weighted by Gasteiger charge is 2.19. The first-order valence-corrected chi connectivity index (χ1v) is 4.25. The third-order valence-electron chi connectivity index (χ3n) is 1.73. The van der Waals surface area contributed by atoms with E-state index in [1.807, 2.05) is 13.8 Å². The van der Waals surface area contributed by atoms with Gasteiger partial charge >= 0.3 is 0 Å². The number of rotatable bonds is 6. The van der Waals surface area contributed by atoms with Gasteiger partial charge in [0.05, 0.1) is 0 Å². The minimum atomic E-state index is -0.266. The molecule has 0 aromatic heterocycles. The molecule has 0 atom stereocenters. The average molecular weight is 170 g/mol. The van der Waals surface area contributed by atoms with E-state index in [1.165, 1.54) is 0 Å². The van der Waals surface area contributed by atoms with E-state index < -0.39 is 0 Å². The fourth-order valence-electron chi connectivity index (χ4n) is 0.941. The fraction of sp³-hybridized carbons (Fsp3) is 0.700. The summed E-state index contributed by atoms with van der Waals surface area (Å²) < 4.78 is 0. The summed E-state index contributed by atoms with van der Waals surface area (Å²) in [5.74, 6) is 0.203. The predicted molar refractivity (Wildman–Crippen MR) is 49.9 cm³/mol. The van der Waals surface area contributed by atoms with Gasteiger partial charge in [-0.1, -0.05) is 19.9 Å². The van der Waals surface area contributed by atoms with E-state index in [9.17, 15) is 4.79 Å². The minimum absolute atomic E-state index is 0.0623. The number of carbonyl (C=O) groups excluding carboxylic acids is 1. The Bertz CT molecular complexity index is 159. The second-order valence-corrected chi connectivity index (χ2v) is 3.87. The SMILES string of the molecule is C=CCCC(=O)CC(C)(C)CO. The molecular weight excluding hydrogens is 152 g/mol. The van der Waals surface area contributed by atoms with Crippen molar-refractivity contribution in [3.8, 4) is 0 Å². The van der Waals surface area contributed by atoms with Crippen LogP contribution in [-0.4, -0.2) is 17.5 Å². The van der Waals surface area contributed by atoms with E-state index >= 15 is 0 Å². The van der Waals surface area contributed by atoms with Gasteiger partial charge < -0.3 is 5.11 Å². The number of hydrogen-bond acceptors (Lipinski definition) is 2. The van der Waals surface area contributed by atoms with Crippen molar-refractivity contribution in [1.29, 1.82) is 0 Å². The number of ketones is 1. The van der Waals surface area contributed by atoms with E-state index in [0.717, 1.165) is 6.42 Å². The number of allylic oxidation sites excluding steroid dienone is 1. The van der Waals surface area contributed by atoms with Crippen LogP contribution in [0.25, 0.3) is 0 Å².